The molecule has 88 valence electrons. The van der Waals surface area contributed by atoms with E-state index in [1.54, 1.807) is 17.7 Å². The number of hydrogen-bond acceptors (Lipinski definition) is 2. The van der Waals surface area contributed by atoms with Gasteiger partial charge in [-0.1, -0.05) is 18.2 Å². The first-order valence-electron chi connectivity index (χ1n) is 5.49. The van der Waals surface area contributed by atoms with Crippen molar-refractivity contribution in [1.82, 2.24) is 4.57 Å². The van der Waals surface area contributed by atoms with Crippen molar-refractivity contribution in [1.29, 1.82) is 0 Å². The van der Waals surface area contributed by atoms with Gasteiger partial charge >= 0.3 is 0 Å². The van der Waals surface area contributed by atoms with Crippen molar-refractivity contribution in [3.8, 4) is 5.75 Å². The normalized spacial score (nSPS) is 10.2. The third-order valence-corrected chi connectivity index (χ3v) is 2.64. The van der Waals surface area contributed by atoms with E-state index in [0.29, 0.717) is 6.54 Å². The van der Waals surface area contributed by atoms with Crippen molar-refractivity contribution in [3.63, 3.8) is 0 Å². The summed E-state index contributed by atoms with van der Waals surface area (Å²) in [5.74, 6) is 0.824. The van der Waals surface area contributed by atoms with Gasteiger partial charge in [-0.15, -0.1) is 0 Å². The van der Waals surface area contributed by atoms with Crippen molar-refractivity contribution in [2.45, 2.75) is 13.5 Å². The fraction of sp³-hybridized carbons (Fsp3) is 0.214. The summed E-state index contributed by atoms with van der Waals surface area (Å²) in [7, 11) is 1.64. The van der Waals surface area contributed by atoms with Gasteiger partial charge in [-0.2, -0.15) is 0 Å². The zero-order valence-electron chi connectivity index (χ0n) is 10.0. The Kier molecular flexibility index (Phi) is 3.28. The molecule has 0 aliphatic carbocycles. The Hall–Kier alpha value is -2.03. The summed E-state index contributed by atoms with van der Waals surface area (Å²) >= 11 is 0. The van der Waals surface area contributed by atoms with Crippen LogP contribution in [0.1, 0.15) is 11.1 Å². The van der Waals surface area contributed by atoms with E-state index in [-0.39, 0.29) is 5.56 Å². The molecule has 0 aliphatic rings. The van der Waals surface area contributed by atoms with Crippen molar-refractivity contribution in [2.24, 2.45) is 0 Å². The predicted molar refractivity (Wildman–Crippen MR) is 67.5 cm³/mol. The molecule has 2 aromatic rings. The molecule has 0 N–H and O–H groups in total. The van der Waals surface area contributed by atoms with Crippen molar-refractivity contribution in [2.75, 3.05) is 7.11 Å². The Morgan fingerprint density at radius 1 is 1.12 bits per heavy atom. The van der Waals surface area contributed by atoms with Gasteiger partial charge in [0.05, 0.1) is 13.7 Å². The number of benzene rings is 1. The highest BCUT2D eigenvalue weighted by Crippen LogP contribution is 2.11. The second kappa shape index (κ2) is 4.87. The summed E-state index contributed by atoms with van der Waals surface area (Å²) in [6, 6.07) is 11.2. The second-order valence-corrected chi connectivity index (χ2v) is 4.02. The van der Waals surface area contributed by atoms with Crippen molar-refractivity contribution < 1.29 is 4.74 Å². The van der Waals surface area contributed by atoms with Crippen LogP contribution < -0.4 is 10.3 Å². The van der Waals surface area contributed by atoms with E-state index in [0.717, 1.165) is 16.9 Å². The molecule has 0 aliphatic heterocycles. The lowest BCUT2D eigenvalue weighted by atomic mass is 10.2. The lowest BCUT2D eigenvalue weighted by Gasteiger charge is -2.07. The quantitative estimate of drug-likeness (QED) is 0.808. The molecule has 3 heteroatoms. The Morgan fingerprint density at radius 3 is 2.47 bits per heavy atom. The molecule has 0 spiro atoms. The number of aryl methyl sites for hydroxylation is 1. The molecule has 1 aromatic heterocycles. The molecule has 0 amide bonds. The minimum atomic E-state index is 0.0198. The molecule has 17 heavy (non-hydrogen) atoms. The van der Waals surface area contributed by atoms with Crippen LogP contribution in [0.4, 0.5) is 0 Å². The third-order valence-electron chi connectivity index (χ3n) is 2.64. The molecule has 0 saturated carbocycles. The summed E-state index contributed by atoms with van der Waals surface area (Å²) in [4.78, 5) is 11.6. The maximum atomic E-state index is 11.6. The van der Waals surface area contributed by atoms with Crippen LogP contribution in [-0.2, 0) is 6.54 Å². The SMILES string of the molecule is COc1ccc(Cn2cc(C)ccc2=O)cc1. The van der Waals surface area contributed by atoms with E-state index in [9.17, 15) is 4.79 Å². The molecule has 0 fully saturated rings. The molecule has 1 aromatic carbocycles. The zero-order valence-corrected chi connectivity index (χ0v) is 10.0. The number of methoxy groups -OCH3 is 1. The summed E-state index contributed by atoms with van der Waals surface area (Å²) in [6.07, 6.45) is 1.87. The highest BCUT2D eigenvalue weighted by molar-refractivity contribution is 5.27. The number of nitrogens with zero attached hydrogens (tertiary/aromatic N) is 1. The van der Waals surface area contributed by atoms with Gasteiger partial charge in [0.25, 0.3) is 5.56 Å². The fourth-order valence-electron chi connectivity index (χ4n) is 1.70. The summed E-state index contributed by atoms with van der Waals surface area (Å²) in [6.45, 7) is 2.56. The van der Waals surface area contributed by atoms with Crippen LogP contribution in [0.2, 0.25) is 0 Å². The standard InChI is InChI=1S/C14H15NO2/c1-11-3-8-14(16)15(9-11)10-12-4-6-13(17-2)7-5-12/h3-9H,10H2,1-2H3. The molecule has 3 nitrogen and oxygen atoms in total. The monoisotopic (exact) mass is 229 g/mol. The highest BCUT2D eigenvalue weighted by Gasteiger charge is 1.99. The number of pyridine rings is 1. The zero-order chi connectivity index (χ0) is 12.3. The van der Waals surface area contributed by atoms with Gasteiger partial charge in [0.15, 0.2) is 0 Å². The molecule has 0 radical (unpaired) electrons. The number of rotatable bonds is 3. The summed E-state index contributed by atoms with van der Waals surface area (Å²) in [5, 5.41) is 0. The van der Waals surface area contributed by atoms with E-state index >= 15 is 0 Å². The summed E-state index contributed by atoms with van der Waals surface area (Å²) in [5.41, 5.74) is 2.18. The van der Waals surface area contributed by atoms with E-state index < -0.39 is 0 Å². The van der Waals surface area contributed by atoms with Gasteiger partial charge in [-0.3, -0.25) is 4.79 Å². The van der Waals surface area contributed by atoms with Gasteiger partial charge in [-0.05, 0) is 30.2 Å². The molecular formula is C14H15NO2. The van der Waals surface area contributed by atoms with Crippen LogP contribution in [0.15, 0.2) is 47.4 Å². The number of hydrogen-bond donors (Lipinski definition) is 0. The Labute approximate surface area is 100 Å². The Morgan fingerprint density at radius 2 is 1.82 bits per heavy atom. The van der Waals surface area contributed by atoms with Crippen molar-refractivity contribution in [3.05, 3.63) is 64.1 Å². The molecule has 0 atom stereocenters. The number of aromatic nitrogens is 1. The van der Waals surface area contributed by atoms with Crippen LogP contribution >= 0.6 is 0 Å². The first-order chi connectivity index (χ1) is 8.19. The van der Waals surface area contributed by atoms with Gasteiger partial charge in [-0.25, -0.2) is 0 Å². The highest BCUT2D eigenvalue weighted by atomic mass is 16.5. The van der Waals surface area contributed by atoms with E-state index in [1.807, 2.05) is 43.5 Å². The Bertz CT molecular complexity index is 555. The maximum absolute atomic E-state index is 11.6. The average molecular weight is 229 g/mol. The molecule has 0 bridgehead atoms. The molecule has 2 rings (SSSR count). The van der Waals surface area contributed by atoms with Crippen LogP contribution in [-0.4, -0.2) is 11.7 Å². The minimum absolute atomic E-state index is 0.0198. The van der Waals surface area contributed by atoms with Gasteiger partial charge < -0.3 is 9.30 Å². The first kappa shape index (κ1) is 11.5. The van der Waals surface area contributed by atoms with E-state index in [4.69, 9.17) is 4.74 Å². The van der Waals surface area contributed by atoms with E-state index in [1.165, 1.54) is 0 Å². The summed E-state index contributed by atoms with van der Waals surface area (Å²) < 4.78 is 6.80. The van der Waals surface area contributed by atoms with Crippen LogP contribution in [0.5, 0.6) is 5.75 Å². The van der Waals surface area contributed by atoms with E-state index in [2.05, 4.69) is 0 Å². The van der Waals surface area contributed by atoms with Crippen molar-refractivity contribution >= 4 is 0 Å². The van der Waals surface area contributed by atoms with Crippen LogP contribution in [0, 0.1) is 6.92 Å². The molecular weight excluding hydrogens is 214 g/mol. The topological polar surface area (TPSA) is 31.2 Å². The second-order valence-electron chi connectivity index (χ2n) is 4.02. The predicted octanol–water partition coefficient (Wildman–Crippen LogP) is 2.21. The largest absolute Gasteiger partial charge is 0.497 e. The Balaban J connectivity index is 2.25. The van der Waals surface area contributed by atoms with Gasteiger partial charge in [0, 0.05) is 12.3 Å². The third kappa shape index (κ3) is 2.75. The van der Waals surface area contributed by atoms with Crippen LogP contribution in [0.3, 0.4) is 0 Å². The maximum Gasteiger partial charge on any atom is 0.250 e. The molecule has 0 saturated heterocycles. The minimum Gasteiger partial charge on any atom is -0.497 e. The molecule has 1 heterocycles. The van der Waals surface area contributed by atoms with Crippen LogP contribution in [0.25, 0.3) is 0 Å². The lowest BCUT2D eigenvalue weighted by molar-refractivity contribution is 0.414. The smallest absolute Gasteiger partial charge is 0.250 e. The fourth-order valence-corrected chi connectivity index (χ4v) is 1.70. The lowest BCUT2D eigenvalue weighted by Crippen LogP contribution is -2.19. The first-order valence-corrected chi connectivity index (χ1v) is 5.49. The molecule has 0 unspecified atom stereocenters. The van der Waals surface area contributed by atoms with Gasteiger partial charge in [0.2, 0.25) is 0 Å². The average Bonchev–Trinajstić information content (AvgIpc) is 2.35. The number of ether oxygens (including phenoxy) is 1. The van der Waals surface area contributed by atoms with Gasteiger partial charge in [0.1, 0.15) is 5.75 Å².